The van der Waals surface area contributed by atoms with Crippen LogP contribution in [0.5, 0.6) is 0 Å². The molecule has 2 aromatic rings. The summed E-state index contributed by atoms with van der Waals surface area (Å²) >= 11 is 0. The highest BCUT2D eigenvalue weighted by Gasteiger charge is 2.00. The van der Waals surface area contributed by atoms with Gasteiger partial charge in [-0.25, -0.2) is 0 Å². The summed E-state index contributed by atoms with van der Waals surface area (Å²) in [6, 6.07) is 14.4. The van der Waals surface area contributed by atoms with Gasteiger partial charge in [0.25, 0.3) is 0 Å². The summed E-state index contributed by atoms with van der Waals surface area (Å²) in [5, 5.41) is 0. The fourth-order valence-corrected chi connectivity index (χ4v) is 1.18. The number of nitrogens with zero attached hydrogens (tertiary/aromatic N) is 1. The van der Waals surface area contributed by atoms with E-state index in [1.54, 1.807) is 6.20 Å². The predicted octanol–water partition coefficient (Wildman–Crippen LogP) is 2.13. The molecule has 2 N–H and O–H groups in total. The number of nitrogen functional groups attached to an aromatic ring is 1. The first-order valence-corrected chi connectivity index (χ1v) is 4.05. The molecular weight excluding hydrogens is 160 g/mol. The highest BCUT2D eigenvalue weighted by atomic mass is 14.7. The second kappa shape index (κ2) is 3.27. The molecule has 0 fully saturated rings. The Kier molecular flexibility index (Phi) is 1.96. The van der Waals surface area contributed by atoms with Gasteiger partial charge < -0.3 is 5.73 Å². The maximum atomic E-state index is 5.77. The van der Waals surface area contributed by atoms with E-state index in [0.717, 1.165) is 11.3 Å². The van der Waals surface area contributed by atoms with Crippen LogP contribution in [0.15, 0.2) is 42.6 Å². The van der Waals surface area contributed by atoms with Gasteiger partial charge in [0.15, 0.2) is 0 Å². The molecule has 0 atom stereocenters. The third-order valence-corrected chi connectivity index (χ3v) is 1.80. The minimum atomic E-state index is 0.685. The lowest BCUT2D eigenvalue weighted by molar-refractivity contribution is 1.33. The zero-order valence-corrected chi connectivity index (χ0v) is 7.07. The molecule has 0 spiro atoms. The molecule has 1 radical (unpaired) electrons. The molecule has 13 heavy (non-hydrogen) atoms. The Labute approximate surface area is 77.0 Å². The SMILES string of the molecule is Nc1cccnc1-c1[c]cccc1. The summed E-state index contributed by atoms with van der Waals surface area (Å²) in [6.07, 6.45) is 1.73. The molecule has 0 unspecified atom stereocenters. The van der Waals surface area contributed by atoms with Crippen molar-refractivity contribution in [2.24, 2.45) is 0 Å². The van der Waals surface area contributed by atoms with Crippen molar-refractivity contribution < 1.29 is 0 Å². The fourth-order valence-electron chi connectivity index (χ4n) is 1.18. The Morgan fingerprint density at radius 3 is 2.77 bits per heavy atom. The van der Waals surface area contributed by atoms with Gasteiger partial charge in [0, 0.05) is 11.8 Å². The molecule has 0 amide bonds. The summed E-state index contributed by atoms with van der Waals surface area (Å²) < 4.78 is 0. The van der Waals surface area contributed by atoms with Gasteiger partial charge in [-0.05, 0) is 18.2 Å². The van der Waals surface area contributed by atoms with E-state index in [4.69, 9.17) is 5.73 Å². The van der Waals surface area contributed by atoms with Crippen LogP contribution in [0.2, 0.25) is 0 Å². The Bertz CT molecular complexity index is 396. The maximum Gasteiger partial charge on any atom is 0.0937 e. The molecule has 0 saturated carbocycles. The van der Waals surface area contributed by atoms with Gasteiger partial charge in [0.1, 0.15) is 0 Å². The smallest absolute Gasteiger partial charge is 0.0937 e. The molecular formula is C11H9N2. The summed E-state index contributed by atoms with van der Waals surface area (Å²) in [5.74, 6) is 0. The molecule has 0 aliphatic heterocycles. The first-order valence-electron chi connectivity index (χ1n) is 4.05. The molecule has 2 rings (SSSR count). The molecule has 2 heteroatoms. The predicted molar refractivity (Wildman–Crippen MR) is 52.9 cm³/mol. The number of aromatic nitrogens is 1. The molecule has 1 heterocycles. The quantitative estimate of drug-likeness (QED) is 0.710. The van der Waals surface area contributed by atoms with Gasteiger partial charge in [0.05, 0.1) is 11.4 Å². The molecule has 0 aliphatic rings. The van der Waals surface area contributed by atoms with Crippen molar-refractivity contribution in [3.63, 3.8) is 0 Å². The van der Waals surface area contributed by atoms with Gasteiger partial charge in [-0.3, -0.25) is 4.98 Å². The van der Waals surface area contributed by atoms with Crippen LogP contribution in [0, 0.1) is 6.07 Å². The molecule has 1 aromatic carbocycles. The largest absolute Gasteiger partial charge is 0.397 e. The number of benzene rings is 1. The van der Waals surface area contributed by atoms with Crippen LogP contribution in [-0.2, 0) is 0 Å². The third kappa shape index (κ3) is 1.51. The van der Waals surface area contributed by atoms with Crippen LogP contribution in [0.1, 0.15) is 0 Å². The highest BCUT2D eigenvalue weighted by Crippen LogP contribution is 2.21. The molecule has 0 saturated heterocycles. The lowest BCUT2D eigenvalue weighted by Crippen LogP contribution is -1.91. The summed E-state index contributed by atoms with van der Waals surface area (Å²) in [4.78, 5) is 4.19. The number of hydrogen-bond acceptors (Lipinski definition) is 2. The number of pyridine rings is 1. The average Bonchev–Trinajstić information content (AvgIpc) is 2.20. The van der Waals surface area contributed by atoms with Crippen LogP contribution < -0.4 is 5.73 Å². The van der Waals surface area contributed by atoms with Crippen molar-refractivity contribution in [3.05, 3.63) is 48.7 Å². The van der Waals surface area contributed by atoms with Gasteiger partial charge in [-0.15, -0.1) is 0 Å². The monoisotopic (exact) mass is 169 g/mol. The number of anilines is 1. The zero-order valence-electron chi connectivity index (χ0n) is 7.07. The number of nitrogens with two attached hydrogens (primary N) is 1. The van der Waals surface area contributed by atoms with Gasteiger partial charge in [0.2, 0.25) is 0 Å². The minimum absolute atomic E-state index is 0.685. The van der Waals surface area contributed by atoms with Crippen molar-refractivity contribution in [1.82, 2.24) is 4.98 Å². The van der Waals surface area contributed by atoms with E-state index in [2.05, 4.69) is 11.1 Å². The fraction of sp³-hybridized carbons (Fsp3) is 0. The minimum Gasteiger partial charge on any atom is -0.397 e. The lowest BCUT2D eigenvalue weighted by atomic mass is 10.1. The first-order chi connectivity index (χ1) is 6.38. The van der Waals surface area contributed by atoms with Gasteiger partial charge >= 0.3 is 0 Å². The number of rotatable bonds is 1. The van der Waals surface area contributed by atoms with Gasteiger partial charge in [-0.2, -0.15) is 0 Å². The lowest BCUT2D eigenvalue weighted by Gasteiger charge is -2.02. The molecule has 0 aliphatic carbocycles. The van der Waals surface area contributed by atoms with Crippen molar-refractivity contribution in [2.45, 2.75) is 0 Å². The molecule has 63 valence electrons. The van der Waals surface area contributed by atoms with Crippen LogP contribution >= 0.6 is 0 Å². The average molecular weight is 169 g/mol. The van der Waals surface area contributed by atoms with E-state index in [1.807, 2.05) is 36.4 Å². The standard InChI is InChI=1S/C11H9N2/c12-10-7-4-8-13-11(10)9-5-2-1-3-6-9/h1-5,7-8H,12H2. The summed E-state index contributed by atoms with van der Waals surface area (Å²) in [5.41, 5.74) is 8.18. The Morgan fingerprint density at radius 1 is 1.15 bits per heavy atom. The highest BCUT2D eigenvalue weighted by molar-refractivity contribution is 5.71. The Balaban J connectivity index is 2.54. The van der Waals surface area contributed by atoms with Crippen LogP contribution in [0.25, 0.3) is 11.3 Å². The van der Waals surface area contributed by atoms with Crippen LogP contribution in [0.4, 0.5) is 5.69 Å². The van der Waals surface area contributed by atoms with E-state index in [0.29, 0.717) is 5.69 Å². The summed E-state index contributed by atoms with van der Waals surface area (Å²) in [7, 11) is 0. The maximum absolute atomic E-state index is 5.77. The van der Waals surface area contributed by atoms with E-state index in [9.17, 15) is 0 Å². The topological polar surface area (TPSA) is 38.9 Å². The summed E-state index contributed by atoms with van der Waals surface area (Å²) in [6.45, 7) is 0. The third-order valence-electron chi connectivity index (χ3n) is 1.80. The van der Waals surface area contributed by atoms with Crippen LogP contribution in [0.3, 0.4) is 0 Å². The zero-order chi connectivity index (χ0) is 9.10. The Morgan fingerprint density at radius 2 is 2.08 bits per heavy atom. The molecule has 1 aromatic heterocycles. The van der Waals surface area contributed by atoms with Gasteiger partial charge in [-0.1, -0.05) is 24.3 Å². The van der Waals surface area contributed by atoms with Crippen molar-refractivity contribution in [2.75, 3.05) is 5.73 Å². The molecule has 2 nitrogen and oxygen atoms in total. The normalized spacial score (nSPS) is 9.85. The second-order valence-electron chi connectivity index (χ2n) is 2.72. The Hall–Kier alpha value is -1.83. The van der Waals surface area contributed by atoms with Crippen molar-refractivity contribution in [1.29, 1.82) is 0 Å². The van der Waals surface area contributed by atoms with E-state index in [-0.39, 0.29) is 0 Å². The second-order valence-corrected chi connectivity index (χ2v) is 2.72. The molecule has 0 bridgehead atoms. The van der Waals surface area contributed by atoms with Crippen molar-refractivity contribution >= 4 is 5.69 Å². The number of hydrogen-bond donors (Lipinski definition) is 1. The van der Waals surface area contributed by atoms with E-state index in [1.165, 1.54) is 0 Å². The van der Waals surface area contributed by atoms with Crippen LogP contribution in [-0.4, -0.2) is 4.98 Å². The van der Waals surface area contributed by atoms with E-state index >= 15 is 0 Å². The van der Waals surface area contributed by atoms with Crippen molar-refractivity contribution in [3.8, 4) is 11.3 Å². The van der Waals surface area contributed by atoms with E-state index < -0.39 is 0 Å². The first kappa shape index (κ1) is 7.80.